The average molecular weight is 737 g/mol. The van der Waals surface area contributed by atoms with Crippen molar-refractivity contribution >= 4 is 35.4 Å². The van der Waals surface area contributed by atoms with Crippen molar-refractivity contribution in [2.75, 3.05) is 49.1 Å². The van der Waals surface area contributed by atoms with E-state index in [1.807, 2.05) is 69.3 Å². The number of hydrogen-bond acceptors (Lipinski definition) is 8. The minimum Gasteiger partial charge on any atom is -0.481 e. The molecule has 3 N–H and O–H groups in total. The van der Waals surface area contributed by atoms with Gasteiger partial charge in [-0.3, -0.25) is 24.3 Å². The van der Waals surface area contributed by atoms with E-state index in [0.717, 1.165) is 11.1 Å². The van der Waals surface area contributed by atoms with Gasteiger partial charge in [0.25, 0.3) is 0 Å². The van der Waals surface area contributed by atoms with Crippen molar-refractivity contribution in [3.8, 4) is 0 Å². The van der Waals surface area contributed by atoms with Gasteiger partial charge in [-0.15, -0.1) is 0 Å². The lowest BCUT2D eigenvalue weighted by molar-refractivity contribution is -0.234. The number of urea groups is 1. The van der Waals surface area contributed by atoms with Crippen LogP contribution in [0.3, 0.4) is 0 Å². The topological polar surface area (TPSA) is 160 Å². The Kier molecular flexibility index (Phi) is 12.4. The summed E-state index contributed by atoms with van der Waals surface area (Å²) in [5.41, 5.74) is 1.78. The first-order valence-corrected chi connectivity index (χ1v) is 18.7. The molecule has 53 heavy (non-hydrogen) atoms. The van der Waals surface area contributed by atoms with Crippen LogP contribution >= 0.6 is 0 Å². The molecule has 2 aromatic carbocycles. The number of carboxylic acid groups (broad SMARTS) is 2. The molecule has 3 heterocycles. The number of benzene rings is 2. The Morgan fingerprint density at radius 3 is 1.75 bits per heavy atom. The molecule has 3 fully saturated rings. The summed E-state index contributed by atoms with van der Waals surface area (Å²) in [5.74, 6) is -3.61. The lowest BCUT2D eigenvalue weighted by Gasteiger charge is -2.36. The number of anilines is 2. The van der Waals surface area contributed by atoms with Gasteiger partial charge in [0, 0.05) is 50.6 Å². The highest BCUT2D eigenvalue weighted by Crippen LogP contribution is 2.33. The van der Waals surface area contributed by atoms with Gasteiger partial charge in [0.2, 0.25) is 6.41 Å². The van der Waals surface area contributed by atoms with Gasteiger partial charge < -0.3 is 29.7 Å². The van der Waals surface area contributed by atoms with E-state index in [1.165, 1.54) is 0 Å². The summed E-state index contributed by atoms with van der Waals surface area (Å²) in [7, 11) is 0. The summed E-state index contributed by atoms with van der Waals surface area (Å²) in [6, 6.07) is 14.7. The number of carboxylic acids is 2. The molecule has 3 aliphatic heterocycles. The maximum atomic E-state index is 14.0. The molecular formula is C40H56N4O9. The van der Waals surface area contributed by atoms with Gasteiger partial charge >= 0.3 is 24.1 Å². The Balaban J connectivity index is 1.24. The standard InChI is InChI=1S/C40H56N4O9/c1-39(2,3)52-37(50)41-18-14-28(24-41)32(34(45)46)22-26-10-7-12-30(20-26)43-16-9-17-44(36(43)49)31-13-8-11-27(21-31)23-33(35(47)48)29-15-19-42(25-29)38(51)53-40(4,5)6/h7-8,10-13,20-21,28-29,32-33,37,50H,9,14-19,22-25H2,1-6H3,(H,45,46)(H,47,48)/t28-,29-,32-,33-,37?/m0/s1. The molecule has 0 aromatic heterocycles. The van der Waals surface area contributed by atoms with Crippen LogP contribution in [0.4, 0.5) is 21.0 Å². The van der Waals surface area contributed by atoms with Crippen LogP contribution in [0.25, 0.3) is 0 Å². The van der Waals surface area contributed by atoms with Crippen molar-refractivity contribution in [3.05, 3.63) is 59.7 Å². The van der Waals surface area contributed by atoms with Crippen molar-refractivity contribution in [2.24, 2.45) is 23.7 Å². The summed E-state index contributed by atoms with van der Waals surface area (Å²) >= 11 is 0. The molecule has 0 radical (unpaired) electrons. The zero-order valence-corrected chi connectivity index (χ0v) is 31.9. The number of hydrogen-bond donors (Lipinski definition) is 3. The number of aliphatic hydroxyl groups excluding tert-OH is 1. The molecule has 0 saturated carbocycles. The fourth-order valence-corrected chi connectivity index (χ4v) is 7.67. The molecule has 5 atom stereocenters. The summed E-state index contributed by atoms with van der Waals surface area (Å²) in [5, 5.41) is 31.0. The Hall–Kier alpha value is -4.20. The highest BCUT2D eigenvalue weighted by atomic mass is 16.6. The molecule has 5 rings (SSSR count). The normalized spacial score (nSPS) is 21.8. The molecule has 13 heteroatoms. The van der Waals surface area contributed by atoms with E-state index in [9.17, 15) is 34.5 Å². The van der Waals surface area contributed by atoms with Crippen LogP contribution in [-0.4, -0.2) is 106 Å². The number of likely N-dealkylation sites (tertiary alicyclic amines) is 2. The molecule has 3 aliphatic rings. The number of carbonyl (C=O) groups is 4. The number of aliphatic carboxylic acids is 2. The monoisotopic (exact) mass is 736 g/mol. The van der Waals surface area contributed by atoms with Crippen LogP contribution in [0.1, 0.15) is 71.9 Å². The maximum absolute atomic E-state index is 14.0. The number of amides is 3. The second-order valence-electron chi connectivity index (χ2n) is 16.7. The fourth-order valence-electron chi connectivity index (χ4n) is 7.67. The second kappa shape index (κ2) is 16.4. The molecule has 2 aromatic rings. The zero-order chi connectivity index (χ0) is 38.7. The third kappa shape index (κ3) is 10.5. The minimum atomic E-state index is -1.10. The van der Waals surface area contributed by atoms with E-state index >= 15 is 0 Å². The van der Waals surface area contributed by atoms with Gasteiger partial charge in [0.1, 0.15) is 5.60 Å². The SMILES string of the molecule is CC(C)(C)OC(=O)N1CC[C@H]([C@H](Cc2cccc(N3CCCN(c4cccc(C[C@H](C(=O)O)[C@H]5CCN(C(O)OC(C)(C)C)C5)c4)C3=O)c2)C(=O)O)C1. The van der Waals surface area contributed by atoms with Gasteiger partial charge in [0.15, 0.2) is 0 Å². The number of nitrogens with zero attached hydrogens (tertiary/aromatic N) is 4. The predicted molar refractivity (Wildman–Crippen MR) is 200 cm³/mol. The van der Waals surface area contributed by atoms with E-state index in [-0.39, 0.29) is 30.7 Å². The Labute approximate surface area is 312 Å². The number of rotatable bonds is 12. The predicted octanol–water partition coefficient (Wildman–Crippen LogP) is 5.68. The minimum absolute atomic E-state index is 0.174. The quantitative estimate of drug-likeness (QED) is 0.232. The lowest BCUT2D eigenvalue weighted by Crippen LogP contribution is -2.49. The van der Waals surface area contributed by atoms with Gasteiger partial charge in [-0.2, -0.15) is 0 Å². The zero-order valence-electron chi connectivity index (χ0n) is 31.9. The highest BCUT2D eigenvalue weighted by molar-refractivity contribution is 6.04. The van der Waals surface area contributed by atoms with E-state index < -0.39 is 47.5 Å². The molecule has 0 aliphatic carbocycles. The van der Waals surface area contributed by atoms with Crippen LogP contribution in [0.5, 0.6) is 0 Å². The first-order valence-electron chi connectivity index (χ1n) is 18.7. The smallest absolute Gasteiger partial charge is 0.410 e. The lowest BCUT2D eigenvalue weighted by atomic mass is 9.86. The van der Waals surface area contributed by atoms with Gasteiger partial charge in [-0.1, -0.05) is 24.3 Å². The molecule has 1 unspecified atom stereocenters. The fraction of sp³-hybridized carbons (Fsp3) is 0.600. The summed E-state index contributed by atoms with van der Waals surface area (Å²) in [6.45, 7) is 13.7. The Morgan fingerprint density at radius 2 is 1.26 bits per heavy atom. The van der Waals surface area contributed by atoms with Crippen molar-refractivity contribution in [1.82, 2.24) is 9.80 Å². The summed E-state index contributed by atoms with van der Waals surface area (Å²) in [6.07, 6.45) is 0.899. The van der Waals surface area contributed by atoms with Crippen LogP contribution in [0, 0.1) is 23.7 Å². The number of aliphatic hydroxyl groups is 1. The molecule has 0 bridgehead atoms. The van der Waals surface area contributed by atoms with Crippen LogP contribution < -0.4 is 9.80 Å². The molecule has 3 saturated heterocycles. The first-order chi connectivity index (χ1) is 24.9. The van der Waals surface area contributed by atoms with Crippen LogP contribution in [0.2, 0.25) is 0 Å². The van der Waals surface area contributed by atoms with Crippen molar-refractivity contribution in [2.45, 2.75) is 91.3 Å². The van der Waals surface area contributed by atoms with Crippen molar-refractivity contribution in [1.29, 1.82) is 0 Å². The Bertz CT molecular complexity index is 1640. The average Bonchev–Trinajstić information content (AvgIpc) is 3.76. The van der Waals surface area contributed by atoms with Crippen molar-refractivity contribution < 1.29 is 44.0 Å². The molecular weight excluding hydrogens is 680 g/mol. The molecule has 3 amide bonds. The third-order valence-electron chi connectivity index (χ3n) is 10.3. The van der Waals surface area contributed by atoms with E-state index in [2.05, 4.69) is 0 Å². The third-order valence-corrected chi connectivity index (χ3v) is 10.3. The maximum Gasteiger partial charge on any atom is 0.410 e. The van der Waals surface area contributed by atoms with E-state index in [4.69, 9.17) is 9.47 Å². The van der Waals surface area contributed by atoms with Gasteiger partial charge in [0.05, 0.1) is 17.4 Å². The van der Waals surface area contributed by atoms with E-state index in [0.29, 0.717) is 69.9 Å². The number of ether oxygens (including phenoxy) is 2. The first kappa shape index (κ1) is 40.0. The van der Waals surface area contributed by atoms with Crippen LogP contribution in [-0.2, 0) is 31.9 Å². The Morgan fingerprint density at radius 1 is 0.755 bits per heavy atom. The second-order valence-corrected chi connectivity index (χ2v) is 16.7. The van der Waals surface area contributed by atoms with Gasteiger partial charge in [-0.25, -0.2) is 9.59 Å². The molecule has 0 spiro atoms. The largest absolute Gasteiger partial charge is 0.481 e. The number of carbonyl (C=O) groups excluding carboxylic acids is 2. The van der Waals surface area contributed by atoms with Crippen molar-refractivity contribution in [3.63, 3.8) is 0 Å². The van der Waals surface area contributed by atoms with Crippen LogP contribution in [0.15, 0.2) is 48.5 Å². The van der Waals surface area contributed by atoms with E-state index in [1.54, 1.807) is 40.4 Å². The molecule has 290 valence electrons. The highest BCUT2D eigenvalue weighted by Gasteiger charge is 2.39. The summed E-state index contributed by atoms with van der Waals surface area (Å²) < 4.78 is 11.2. The molecule has 13 nitrogen and oxygen atoms in total. The summed E-state index contributed by atoms with van der Waals surface area (Å²) in [4.78, 5) is 58.4. The van der Waals surface area contributed by atoms with Gasteiger partial charge in [-0.05, 0) is 121 Å².